The van der Waals surface area contributed by atoms with Gasteiger partial charge in [-0.3, -0.25) is 9.59 Å². The van der Waals surface area contributed by atoms with E-state index in [0.29, 0.717) is 22.7 Å². The minimum atomic E-state index is -1.18. The summed E-state index contributed by atoms with van der Waals surface area (Å²) in [5.41, 5.74) is 0.998. The molecular weight excluding hydrogens is 376 g/mol. The fourth-order valence-corrected chi connectivity index (χ4v) is 3.32. The first-order valence-corrected chi connectivity index (χ1v) is 9.05. The van der Waals surface area contributed by atoms with Gasteiger partial charge in [0.15, 0.2) is 6.04 Å². The van der Waals surface area contributed by atoms with Crippen molar-refractivity contribution in [3.63, 3.8) is 0 Å². The molecule has 0 saturated carbocycles. The largest absolute Gasteiger partial charge is 0.497 e. The highest BCUT2D eigenvalue weighted by Gasteiger charge is 2.37. The lowest BCUT2D eigenvalue weighted by atomic mass is 10.0. The molecule has 2 aromatic rings. The topological polar surface area (TPSA) is 105 Å². The van der Waals surface area contributed by atoms with Gasteiger partial charge >= 0.3 is 5.97 Å². The van der Waals surface area contributed by atoms with Crippen LogP contribution in [-0.2, 0) is 14.4 Å². The summed E-state index contributed by atoms with van der Waals surface area (Å²) in [6.07, 6.45) is -0.0118. The first-order valence-electron chi connectivity index (χ1n) is 9.05. The summed E-state index contributed by atoms with van der Waals surface area (Å²) in [4.78, 5) is 38.3. The van der Waals surface area contributed by atoms with E-state index in [1.54, 1.807) is 48.5 Å². The van der Waals surface area contributed by atoms with Gasteiger partial charge in [-0.05, 0) is 17.7 Å². The van der Waals surface area contributed by atoms with Crippen LogP contribution in [0.5, 0.6) is 11.5 Å². The van der Waals surface area contributed by atoms with Gasteiger partial charge < -0.3 is 24.8 Å². The highest BCUT2D eigenvalue weighted by atomic mass is 16.5. The van der Waals surface area contributed by atoms with Crippen LogP contribution in [0.4, 0.5) is 5.69 Å². The van der Waals surface area contributed by atoms with Crippen molar-refractivity contribution in [2.45, 2.75) is 12.5 Å². The van der Waals surface area contributed by atoms with Crippen LogP contribution in [0.25, 0.3) is 0 Å². The maximum atomic E-state index is 12.7. The van der Waals surface area contributed by atoms with E-state index in [4.69, 9.17) is 9.47 Å². The fourth-order valence-electron chi connectivity index (χ4n) is 3.32. The zero-order chi connectivity index (χ0) is 21.0. The van der Waals surface area contributed by atoms with Crippen LogP contribution in [-0.4, -0.2) is 43.7 Å². The van der Waals surface area contributed by atoms with Gasteiger partial charge in [-0.1, -0.05) is 30.3 Å². The predicted molar refractivity (Wildman–Crippen MR) is 105 cm³/mol. The number of nitrogens with one attached hydrogen (secondary N) is 1. The lowest BCUT2D eigenvalue weighted by Gasteiger charge is -2.21. The SMILES string of the molecule is COc1ccc(N2CC(C(=O)N[C@@H](C(=O)O)c3ccccc3)CC2=O)c(OC)c1. The quantitative estimate of drug-likeness (QED) is 0.739. The maximum Gasteiger partial charge on any atom is 0.330 e. The Morgan fingerprint density at radius 2 is 1.86 bits per heavy atom. The van der Waals surface area contributed by atoms with Crippen LogP contribution in [0.2, 0.25) is 0 Å². The molecule has 1 unspecified atom stereocenters. The molecule has 3 rings (SSSR count). The van der Waals surface area contributed by atoms with Crippen LogP contribution >= 0.6 is 0 Å². The average Bonchev–Trinajstić information content (AvgIpc) is 3.13. The van der Waals surface area contributed by atoms with Gasteiger partial charge in [-0.25, -0.2) is 4.79 Å². The number of ether oxygens (including phenoxy) is 2. The van der Waals surface area contributed by atoms with Crippen molar-refractivity contribution < 1.29 is 29.0 Å². The van der Waals surface area contributed by atoms with Crippen molar-refractivity contribution in [2.75, 3.05) is 25.7 Å². The molecule has 0 radical (unpaired) electrons. The second-order valence-electron chi connectivity index (χ2n) is 6.63. The van der Waals surface area contributed by atoms with E-state index in [1.165, 1.54) is 19.1 Å². The van der Waals surface area contributed by atoms with Crippen molar-refractivity contribution >= 4 is 23.5 Å². The number of hydrogen-bond acceptors (Lipinski definition) is 5. The van der Waals surface area contributed by atoms with Crippen LogP contribution in [0.1, 0.15) is 18.0 Å². The molecule has 0 aliphatic carbocycles. The van der Waals surface area contributed by atoms with E-state index >= 15 is 0 Å². The summed E-state index contributed by atoms with van der Waals surface area (Å²) in [5, 5.41) is 12.0. The molecule has 0 aromatic heterocycles. The first-order chi connectivity index (χ1) is 13.9. The van der Waals surface area contributed by atoms with E-state index in [1.807, 2.05) is 0 Å². The summed E-state index contributed by atoms with van der Waals surface area (Å²) < 4.78 is 10.5. The molecule has 152 valence electrons. The molecule has 2 amide bonds. The van der Waals surface area contributed by atoms with Crippen molar-refractivity contribution in [2.24, 2.45) is 5.92 Å². The molecule has 2 atom stereocenters. The highest BCUT2D eigenvalue weighted by molar-refractivity contribution is 6.01. The third-order valence-corrected chi connectivity index (χ3v) is 4.84. The Morgan fingerprint density at radius 1 is 1.14 bits per heavy atom. The second-order valence-corrected chi connectivity index (χ2v) is 6.63. The number of rotatable bonds is 7. The van der Waals surface area contributed by atoms with Crippen LogP contribution in [0, 0.1) is 5.92 Å². The molecule has 2 aromatic carbocycles. The van der Waals surface area contributed by atoms with Crippen LogP contribution in [0.3, 0.4) is 0 Å². The highest BCUT2D eigenvalue weighted by Crippen LogP contribution is 2.36. The van der Waals surface area contributed by atoms with Gasteiger partial charge in [0, 0.05) is 19.0 Å². The predicted octanol–water partition coefficient (Wildman–Crippen LogP) is 2.00. The molecule has 1 aliphatic heterocycles. The number of aliphatic carboxylic acids is 1. The third kappa shape index (κ3) is 4.31. The minimum absolute atomic E-state index is 0.0118. The van der Waals surface area contributed by atoms with Crippen LogP contribution < -0.4 is 19.7 Å². The van der Waals surface area contributed by atoms with Gasteiger partial charge in [0.05, 0.1) is 25.8 Å². The van der Waals surface area contributed by atoms with E-state index in [9.17, 15) is 19.5 Å². The fraction of sp³-hybridized carbons (Fsp3) is 0.286. The lowest BCUT2D eigenvalue weighted by molar-refractivity contribution is -0.142. The van der Waals surface area contributed by atoms with E-state index in [0.717, 1.165) is 0 Å². The molecule has 2 N–H and O–H groups in total. The second kappa shape index (κ2) is 8.64. The number of nitrogens with zero attached hydrogens (tertiary/aromatic N) is 1. The van der Waals surface area contributed by atoms with Crippen molar-refractivity contribution in [1.82, 2.24) is 5.32 Å². The Hall–Kier alpha value is -3.55. The van der Waals surface area contributed by atoms with Crippen molar-refractivity contribution in [3.8, 4) is 11.5 Å². The molecule has 1 saturated heterocycles. The number of carbonyl (C=O) groups is 3. The molecule has 1 fully saturated rings. The zero-order valence-electron chi connectivity index (χ0n) is 16.1. The molecule has 29 heavy (non-hydrogen) atoms. The van der Waals surface area contributed by atoms with E-state index in [-0.39, 0.29) is 18.9 Å². The smallest absolute Gasteiger partial charge is 0.330 e. The number of methoxy groups -OCH3 is 2. The molecule has 1 aliphatic rings. The Labute approximate surface area is 168 Å². The summed E-state index contributed by atoms with van der Waals surface area (Å²) >= 11 is 0. The number of carboxylic acids is 1. The molecule has 0 spiro atoms. The van der Waals surface area contributed by atoms with Gasteiger partial charge in [0.2, 0.25) is 11.8 Å². The van der Waals surface area contributed by atoms with Gasteiger partial charge in [-0.2, -0.15) is 0 Å². The number of amides is 2. The Bertz CT molecular complexity index is 915. The average molecular weight is 398 g/mol. The van der Waals surface area contributed by atoms with E-state index in [2.05, 4.69) is 5.32 Å². The number of anilines is 1. The normalized spacial score (nSPS) is 17.0. The Balaban J connectivity index is 1.76. The van der Waals surface area contributed by atoms with Gasteiger partial charge in [-0.15, -0.1) is 0 Å². The number of hydrogen-bond donors (Lipinski definition) is 2. The monoisotopic (exact) mass is 398 g/mol. The number of carboxylic acid groups (broad SMARTS) is 1. The molecular formula is C21H22N2O6. The van der Waals surface area contributed by atoms with Gasteiger partial charge in [0.1, 0.15) is 11.5 Å². The summed E-state index contributed by atoms with van der Waals surface area (Å²) in [6, 6.07) is 12.3. The molecule has 0 bridgehead atoms. The molecule has 1 heterocycles. The molecule has 8 nitrogen and oxygen atoms in total. The number of benzene rings is 2. The van der Waals surface area contributed by atoms with Crippen molar-refractivity contribution in [1.29, 1.82) is 0 Å². The lowest BCUT2D eigenvalue weighted by Crippen LogP contribution is -2.38. The summed E-state index contributed by atoms with van der Waals surface area (Å²) in [5.74, 6) is -1.52. The van der Waals surface area contributed by atoms with Gasteiger partial charge in [0.25, 0.3) is 0 Å². The van der Waals surface area contributed by atoms with Crippen molar-refractivity contribution in [3.05, 3.63) is 54.1 Å². The first kappa shape index (κ1) is 20.2. The maximum absolute atomic E-state index is 12.7. The van der Waals surface area contributed by atoms with Crippen LogP contribution in [0.15, 0.2) is 48.5 Å². The van der Waals surface area contributed by atoms with E-state index < -0.39 is 23.8 Å². The minimum Gasteiger partial charge on any atom is -0.497 e. The Kier molecular flexibility index (Phi) is 6.01. The zero-order valence-corrected chi connectivity index (χ0v) is 16.1. The Morgan fingerprint density at radius 3 is 2.48 bits per heavy atom. The third-order valence-electron chi connectivity index (χ3n) is 4.84. The molecule has 8 heteroatoms. The summed E-state index contributed by atoms with van der Waals surface area (Å²) in [7, 11) is 3.02. The standard InChI is InChI=1S/C21H22N2O6/c1-28-15-8-9-16(17(11-15)29-2)23-12-14(10-18(23)24)20(25)22-19(21(26)27)13-6-4-3-5-7-13/h3-9,11,14,19H,10,12H2,1-2H3,(H,22,25)(H,26,27)/t14?,19-/m1/s1. The number of carbonyl (C=O) groups excluding carboxylic acids is 2. The summed E-state index contributed by atoms with van der Waals surface area (Å²) in [6.45, 7) is 0.133.